The second-order valence-electron chi connectivity index (χ2n) is 3.67. The van der Waals surface area contributed by atoms with Crippen molar-refractivity contribution in [2.24, 2.45) is 11.1 Å². The van der Waals surface area contributed by atoms with E-state index in [1.165, 1.54) is 19.3 Å². The molecule has 1 heteroatoms. The molecule has 0 unspecified atom stereocenters. The van der Waals surface area contributed by atoms with E-state index in [1.54, 1.807) is 0 Å². The summed E-state index contributed by atoms with van der Waals surface area (Å²) >= 11 is 0. The maximum atomic E-state index is 6.15. The molecule has 0 aromatic rings. The highest BCUT2D eigenvalue weighted by atomic mass is 14.9. The van der Waals surface area contributed by atoms with E-state index < -0.39 is 0 Å². The predicted molar refractivity (Wildman–Crippen MR) is 44.8 cm³/mol. The molecule has 0 aromatic carbocycles. The van der Waals surface area contributed by atoms with Crippen LogP contribution in [0.1, 0.15) is 46.5 Å². The highest BCUT2D eigenvalue weighted by molar-refractivity contribution is 5.17. The van der Waals surface area contributed by atoms with Gasteiger partial charge in [-0.25, -0.2) is 0 Å². The predicted octanol–water partition coefficient (Wildman–Crippen LogP) is 2.30. The molecule has 1 atom stereocenters. The van der Waals surface area contributed by atoms with E-state index >= 15 is 0 Å². The first-order valence-corrected chi connectivity index (χ1v) is 4.43. The van der Waals surface area contributed by atoms with Crippen LogP contribution in [0, 0.1) is 5.41 Å². The summed E-state index contributed by atoms with van der Waals surface area (Å²) in [6.07, 6.45) is 4.92. The van der Waals surface area contributed by atoms with E-state index in [0.29, 0.717) is 5.41 Å². The summed E-state index contributed by atoms with van der Waals surface area (Å²) in [5.74, 6) is 0. The summed E-state index contributed by atoms with van der Waals surface area (Å²) in [4.78, 5) is 0. The second-order valence-corrected chi connectivity index (χ2v) is 3.67. The van der Waals surface area contributed by atoms with Gasteiger partial charge in [0.1, 0.15) is 0 Å². The van der Waals surface area contributed by atoms with Crippen LogP contribution in [0.2, 0.25) is 0 Å². The van der Waals surface area contributed by atoms with Crippen molar-refractivity contribution in [3.63, 3.8) is 0 Å². The molecule has 10 heavy (non-hydrogen) atoms. The fourth-order valence-corrected chi connectivity index (χ4v) is 2.26. The van der Waals surface area contributed by atoms with Crippen molar-refractivity contribution in [1.82, 2.24) is 0 Å². The zero-order valence-electron chi connectivity index (χ0n) is 7.41. The van der Waals surface area contributed by atoms with E-state index in [1.807, 2.05) is 0 Å². The van der Waals surface area contributed by atoms with Crippen LogP contribution in [0.5, 0.6) is 0 Å². The number of hydrogen-bond donors (Lipinski definition) is 1. The van der Waals surface area contributed by atoms with Crippen LogP contribution in [0.4, 0.5) is 0 Å². The van der Waals surface area contributed by atoms with Gasteiger partial charge in [0.25, 0.3) is 0 Å². The molecule has 2 N–H and O–H groups in total. The maximum Gasteiger partial charge on any atom is 0.0215 e. The van der Waals surface area contributed by atoms with Crippen LogP contribution in [-0.4, -0.2) is 5.54 Å². The fourth-order valence-electron chi connectivity index (χ4n) is 2.26. The molecule has 0 saturated heterocycles. The molecule has 0 aromatic heterocycles. The molecule has 60 valence electrons. The molecular formula is C9H19N. The summed E-state index contributed by atoms with van der Waals surface area (Å²) in [6.45, 7) is 6.72. The Bertz CT molecular complexity index is 127. The molecule has 0 radical (unpaired) electrons. The van der Waals surface area contributed by atoms with Gasteiger partial charge in [-0.05, 0) is 31.1 Å². The minimum atomic E-state index is 0.205. The Hall–Kier alpha value is -0.0400. The molecular weight excluding hydrogens is 122 g/mol. The lowest BCUT2D eigenvalue weighted by molar-refractivity contribution is 0.379. The fraction of sp³-hybridized carbons (Fsp3) is 1.00. The molecule has 1 nitrogen and oxygen atoms in total. The van der Waals surface area contributed by atoms with Crippen LogP contribution < -0.4 is 5.73 Å². The molecule has 0 amide bonds. The topological polar surface area (TPSA) is 26.0 Å². The average Bonchev–Trinajstić information content (AvgIpc) is 2.59. The Morgan fingerprint density at radius 2 is 1.60 bits per heavy atom. The zero-order valence-corrected chi connectivity index (χ0v) is 7.41. The Kier molecular flexibility index (Phi) is 1.80. The Balaban J connectivity index is 2.59. The van der Waals surface area contributed by atoms with Crippen molar-refractivity contribution in [3.8, 4) is 0 Å². The van der Waals surface area contributed by atoms with Gasteiger partial charge in [-0.3, -0.25) is 0 Å². The van der Waals surface area contributed by atoms with E-state index in [-0.39, 0.29) is 5.54 Å². The van der Waals surface area contributed by atoms with Gasteiger partial charge in [-0.2, -0.15) is 0 Å². The Morgan fingerprint density at radius 3 is 1.70 bits per heavy atom. The van der Waals surface area contributed by atoms with Gasteiger partial charge < -0.3 is 5.73 Å². The third-order valence-electron chi connectivity index (χ3n) is 3.57. The number of rotatable bonds is 3. The first-order chi connectivity index (χ1) is 4.64. The second kappa shape index (κ2) is 2.23. The van der Waals surface area contributed by atoms with Gasteiger partial charge in [0.15, 0.2) is 0 Å². The average molecular weight is 141 g/mol. The van der Waals surface area contributed by atoms with Crippen LogP contribution in [-0.2, 0) is 0 Å². The normalized spacial score (nSPS) is 36.0. The van der Waals surface area contributed by atoms with Gasteiger partial charge in [0, 0.05) is 5.54 Å². The van der Waals surface area contributed by atoms with Crippen molar-refractivity contribution in [2.45, 2.75) is 52.0 Å². The summed E-state index contributed by atoms with van der Waals surface area (Å²) in [6, 6.07) is 0. The van der Waals surface area contributed by atoms with Gasteiger partial charge in [0.2, 0.25) is 0 Å². The smallest absolute Gasteiger partial charge is 0.0215 e. The summed E-state index contributed by atoms with van der Waals surface area (Å²) < 4.78 is 0. The van der Waals surface area contributed by atoms with Crippen LogP contribution in [0.3, 0.4) is 0 Å². The van der Waals surface area contributed by atoms with Crippen molar-refractivity contribution in [3.05, 3.63) is 0 Å². The monoisotopic (exact) mass is 141 g/mol. The Labute approximate surface area is 64.0 Å². The lowest BCUT2D eigenvalue weighted by Crippen LogP contribution is -2.29. The molecule has 1 rings (SSSR count). The molecule has 1 aliphatic rings. The number of nitrogens with two attached hydrogens (primary N) is 1. The standard InChI is InChI=1S/C9H19N/c1-4-8(5-2)7-9(8,10)6-3/h4-7,10H2,1-3H3/t9-/m0/s1. The van der Waals surface area contributed by atoms with Crippen molar-refractivity contribution in [1.29, 1.82) is 0 Å². The van der Waals surface area contributed by atoms with Crippen molar-refractivity contribution >= 4 is 0 Å². The summed E-state index contributed by atoms with van der Waals surface area (Å²) in [5.41, 5.74) is 6.87. The quantitative estimate of drug-likeness (QED) is 0.641. The summed E-state index contributed by atoms with van der Waals surface area (Å²) in [5, 5.41) is 0. The minimum absolute atomic E-state index is 0.205. The zero-order chi connectivity index (χ0) is 7.83. The minimum Gasteiger partial charge on any atom is -0.325 e. The molecule has 0 bridgehead atoms. The van der Waals surface area contributed by atoms with Gasteiger partial charge in [-0.1, -0.05) is 20.8 Å². The first-order valence-electron chi connectivity index (χ1n) is 4.43. The molecule has 0 heterocycles. The highest BCUT2D eigenvalue weighted by Gasteiger charge is 2.60. The van der Waals surface area contributed by atoms with Crippen LogP contribution in [0.25, 0.3) is 0 Å². The lowest BCUT2D eigenvalue weighted by atomic mass is 9.92. The van der Waals surface area contributed by atoms with Crippen LogP contribution in [0.15, 0.2) is 0 Å². The van der Waals surface area contributed by atoms with Gasteiger partial charge in [0.05, 0.1) is 0 Å². The van der Waals surface area contributed by atoms with Crippen molar-refractivity contribution < 1.29 is 0 Å². The lowest BCUT2D eigenvalue weighted by Gasteiger charge is -2.17. The SMILES string of the molecule is CCC1(CC)C[C@@]1(N)CC. The maximum absolute atomic E-state index is 6.15. The Morgan fingerprint density at radius 1 is 1.10 bits per heavy atom. The molecule has 1 saturated carbocycles. The van der Waals surface area contributed by atoms with Gasteiger partial charge >= 0.3 is 0 Å². The number of hydrogen-bond acceptors (Lipinski definition) is 1. The molecule has 0 spiro atoms. The van der Waals surface area contributed by atoms with E-state index in [9.17, 15) is 0 Å². The molecule has 0 aliphatic heterocycles. The molecule has 1 aliphatic carbocycles. The van der Waals surface area contributed by atoms with E-state index in [0.717, 1.165) is 6.42 Å². The van der Waals surface area contributed by atoms with Crippen LogP contribution >= 0.6 is 0 Å². The molecule has 1 fully saturated rings. The highest BCUT2D eigenvalue weighted by Crippen LogP contribution is 2.60. The third-order valence-corrected chi connectivity index (χ3v) is 3.57. The van der Waals surface area contributed by atoms with Crippen molar-refractivity contribution in [2.75, 3.05) is 0 Å². The largest absolute Gasteiger partial charge is 0.325 e. The van der Waals surface area contributed by atoms with E-state index in [2.05, 4.69) is 20.8 Å². The van der Waals surface area contributed by atoms with E-state index in [4.69, 9.17) is 5.73 Å². The third kappa shape index (κ3) is 0.800. The first kappa shape index (κ1) is 8.06. The summed E-state index contributed by atoms with van der Waals surface area (Å²) in [7, 11) is 0. The van der Waals surface area contributed by atoms with Gasteiger partial charge in [-0.15, -0.1) is 0 Å².